The van der Waals surface area contributed by atoms with Crippen molar-refractivity contribution < 1.29 is 14.7 Å². The fraction of sp³-hybridized carbons (Fsp3) is 0.406. The third-order valence-electron chi connectivity index (χ3n) is 8.88. The van der Waals surface area contributed by atoms with Crippen LogP contribution in [0.5, 0.6) is 0 Å². The SMILES string of the molecule is CC[C@@]1(O)CC[C@@]2(Cc3ccccc3)c3ccc(C(=O)Cc4cccnc4C)cc3C(=O)N(C)C[C@@H]2C1. The fourth-order valence-corrected chi connectivity index (χ4v) is 6.55. The molecule has 0 spiro atoms. The summed E-state index contributed by atoms with van der Waals surface area (Å²) in [5, 5.41) is 11.3. The van der Waals surface area contributed by atoms with Crippen LogP contribution in [0.1, 0.15) is 75.7 Å². The highest BCUT2D eigenvalue weighted by molar-refractivity contribution is 6.02. The minimum atomic E-state index is -0.712. The number of hydrogen-bond donors (Lipinski definition) is 1. The van der Waals surface area contributed by atoms with Gasteiger partial charge in [-0.2, -0.15) is 0 Å². The summed E-state index contributed by atoms with van der Waals surface area (Å²) in [5.41, 5.74) is 4.16. The number of pyridine rings is 1. The van der Waals surface area contributed by atoms with Crippen LogP contribution in [-0.4, -0.2) is 45.9 Å². The Hall–Kier alpha value is -3.31. The maximum atomic E-state index is 13.7. The molecule has 1 N–H and O–H groups in total. The van der Waals surface area contributed by atoms with Gasteiger partial charge in [-0.1, -0.05) is 55.5 Å². The molecule has 1 aliphatic heterocycles. The molecule has 5 rings (SSSR count). The Labute approximate surface area is 219 Å². The number of aryl methyl sites for hydroxylation is 1. The molecule has 1 amide bonds. The highest BCUT2D eigenvalue weighted by Crippen LogP contribution is 2.52. The molecule has 5 heteroatoms. The lowest BCUT2D eigenvalue weighted by Gasteiger charge is -2.50. The summed E-state index contributed by atoms with van der Waals surface area (Å²) in [4.78, 5) is 33.2. The highest BCUT2D eigenvalue weighted by atomic mass is 16.3. The maximum Gasteiger partial charge on any atom is 0.253 e. The molecule has 3 atom stereocenters. The van der Waals surface area contributed by atoms with E-state index in [9.17, 15) is 14.7 Å². The number of rotatable bonds is 6. The average Bonchev–Trinajstić information content (AvgIpc) is 2.99. The lowest BCUT2D eigenvalue weighted by atomic mass is 9.56. The normalized spacial score (nSPS) is 25.2. The third kappa shape index (κ3) is 4.73. The van der Waals surface area contributed by atoms with Gasteiger partial charge in [-0.3, -0.25) is 14.6 Å². The first-order chi connectivity index (χ1) is 17.7. The van der Waals surface area contributed by atoms with E-state index in [0.29, 0.717) is 36.9 Å². The van der Waals surface area contributed by atoms with Crippen molar-refractivity contribution in [2.45, 2.75) is 63.4 Å². The molecular formula is C32H36N2O3. The van der Waals surface area contributed by atoms with Crippen molar-refractivity contribution in [3.05, 3.63) is 100 Å². The van der Waals surface area contributed by atoms with E-state index in [2.05, 4.69) is 29.2 Å². The van der Waals surface area contributed by atoms with Crippen LogP contribution in [-0.2, 0) is 18.3 Å². The number of hydrogen-bond acceptors (Lipinski definition) is 4. The van der Waals surface area contributed by atoms with Crippen molar-refractivity contribution in [1.29, 1.82) is 0 Å². The molecule has 0 unspecified atom stereocenters. The zero-order chi connectivity index (χ0) is 26.2. The first kappa shape index (κ1) is 25.3. The minimum Gasteiger partial charge on any atom is -0.390 e. The summed E-state index contributed by atoms with van der Waals surface area (Å²) in [6, 6.07) is 20.0. The van der Waals surface area contributed by atoms with Gasteiger partial charge in [0.05, 0.1) is 5.60 Å². The number of nitrogens with zero attached hydrogens (tertiary/aromatic N) is 2. The second-order valence-corrected chi connectivity index (χ2v) is 11.1. The van der Waals surface area contributed by atoms with Gasteiger partial charge >= 0.3 is 0 Å². The average molecular weight is 497 g/mol. The minimum absolute atomic E-state index is 0.0174. The molecule has 3 aromatic rings. The molecule has 2 aliphatic rings. The molecule has 1 aliphatic carbocycles. The zero-order valence-corrected chi connectivity index (χ0v) is 22.0. The van der Waals surface area contributed by atoms with Crippen molar-refractivity contribution in [3.63, 3.8) is 0 Å². The standard InChI is InChI=1S/C32H36N2O3/c1-4-31(37)14-15-32(19-23-9-6-5-7-10-23)26(20-31)21-34(3)30(36)27-17-25(12-13-28(27)32)29(35)18-24-11-8-16-33-22(24)2/h5-13,16-17,26,37H,4,14-15,18-21H2,1-3H3/t26-,31+,32-/m0/s1. The molecule has 1 fully saturated rings. The van der Waals surface area contributed by atoms with E-state index in [1.807, 2.05) is 57.3 Å². The number of benzene rings is 2. The molecule has 0 radical (unpaired) electrons. The van der Waals surface area contributed by atoms with Crippen molar-refractivity contribution in [3.8, 4) is 0 Å². The second kappa shape index (κ2) is 9.86. The lowest BCUT2D eigenvalue weighted by Crippen LogP contribution is -2.51. The molecule has 2 aromatic carbocycles. The van der Waals surface area contributed by atoms with Gasteiger partial charge in [0, 0.05) is 48.4 Å². The summed E-state index contributed by atoms with van der Waals surface area (Å²) in [6.07, 6.45) is 5.65. The Balaban J connectivity index is 1.60. The molecule has 37 heavy (non-hydrogen) atoms. The molecule has 0 saturated heterocycles. The van der Waals surface area contributed by atoms with Crippen LogP contribution < -0.4 is 0 Å². The highest BCUT2D eigenvalue weighted by Gasteiger charge is 2.52. The molecule has 192 valence electrons. The first-order valence-electron chi connectivity index (χ1n) is 13.3. The maximum absolute atomic E-state index is 13.7. The number of amides is 1. The molecular weight excluding hydrogens is 460 g/mol. The monoisotopic (exact) mass is 496 g/mol. The lowest BCUT2D eigenvalue weighted by molar-refractivity contribution is -0.0515. The van der Waals surface area contributed by atoms with Crippen LogP contribution >= 0.6 is 0 Å². The number of carbonyl (C=O) groups excluding carboxylic acids is 2. The Morgan fingerprint density at radius 3 is 2.62 bits per heavy atom. The van der Waals surface area contributed by atoms with Gasteiger partial charge in [-0.15, -0.1) is 0 Å². The summed E-state index contributed by atoms with van der Waals surface area (Å²) in [7, 11) is 1.85. The van der Waals surface area contributed by atoms with E-state index in [1.54, 1.807) is 11.1 Å². The van der Waals surface area contributed by atoms with E-state index < -0.39 is 5.60 Å². The van der Waals surface area contributed by atoms with E-state index in [4.69, 9.17) is 0 Å². The van der Waals surface area contributed by atoms with Crippen LogP contribution in [0.2, 0.25) is 0 Å². The van der Waals surface area contributed by atoms with Gasteiger partial charge in [0.25, 0.3) is 5.91 Å². The van der Waals surface area contributed by atoms with Crippen LogP contribution in [0.4, 0.5) is 0 Å². The fourth-order valence-electron chi connectivity index (χ4n) is 6.55. The predicted molar refractivity (Wildman–Crippen MR) is 145 cm³/mol. The third-order valence-corrected chi connectivity index (χ3v) is 8.88. The number of ketones is 1. The summed E-state index contributed by atoms with van der Waals surface area (Å²) in [6.45, 7) is 4.54. The molecule has 1 saturated carbocycles. The van der Waals surface area contributed by atoms with Gasteiger partial charge in [0.2, 0.25) is 0 Å². The van der Waals surface area contributed by atoms with Crippen molar-refractivity contribution in [1.82, 2.24) is 9.88 Å². The van der Waals surface area contributed by atoms with E-state index in [1.165, 1.54) is 5.56 Å². The smallest absolute Gasteiger partial charge is 0.253 e. The Kier molecular flexibility index (Phi) is 6.76. The number of fused-ring (bicyclic) bond motifs is 3. The Morgan fingerprint density at radius 2 is 1.89 bits per heavy atom. The van der Waals surface area contributed by atoms with E-state index >= 15 is 0 Å². The van der Waals surface area contributed by atoms with E-state index in [0.717, 1.165) is 29.7 Å². The van der Waals surface area contributed by atoms with Crippen LogP contribution in [0.3, 0.4) is 0 Å². The molecule has 1 aromatic heterocycles. The van der Waals surface area contributed by atoms with Gasteiger partial charge in [-0.05, 0) is 73.8 Å². The number of carbonyl (C=O) groups is 2. The van der Waals surface area contributed by atoms with Crippen molar-refractivity contribution in [2.75, 3.05) is 13.6 Å². The molecule has 0 bridgehead atoms. The van der Waals surface area contributed by atoms with Crippen LogP contribution in [0.25, 0.3) is 0 Å². The summed E-state index contributed by atoms with van der Waals surface area (Å²) < 4.78 is 0. The topological polar surface area (TPSA) is 70.5 Å². The van der Waals surface area contributed by atoms with Crippen LogP contribution in [0.15, 0.2) is 66.9 Å². The Bertz CT molecular complexity index is 1320. The Morgan fingerprint density at radius 1 is 1.11 bits per heavy atom. The summed E-state index contributed by atoms with van der Waals surface area (Å²) >= 11 is 0. The largest absolute Gasteiger partial charge is 0.390 e. The van der Waals surface area contributed by atoms with Gasteiger partial charge < -0.3 is 10.0 Å². The van der Waals surface area contributed by atoms with Crippen LogP contribution in [0, 0.1) is 12.8 Å². The number of Topliss-reactive ketones (excluding diaryl/α,β-unsaturated/α-hetero) is 1. The molecule has 5 nitrogen and oxygen atoms in total. The van der Waals surface area contributed by atoms with Crippen molar-refractivity contribution >= 4 is 11.7 Å². The zero-order valence-electron chi connectivity index (χ0n) is 22.0. The first-order valence-corrected chi connectivity index (χ1v) is 13.3. The number of aromatic nitrogens is 1. The van der Waals surface area contributed by atoms with Gasteiger partial charge in [-0.25, -0.2) is 0 Å². The quantitative estimate of drug-likeness (QED) is 0.469. The van der Waals surface area contributed by atoms with Gasteiger partial charge in [0.1, 0.15) is 0 Å². The van der Waals surface area contributed by atoms with E-state index in [-0.39, 0.29) is 29.4 Å². The molecule has 2 heterocycles. The van der Waals surface area contributed by atoms with Crippen molar-refractivity contribution in [2.24, 2.45) is 5.92 Å². The number of aliphatic hydroxyl groups is 1. The predicted octanol–water partition coefficient (Wildman–Crippen LogP) is 5.32. The second-order valence-electron chi connectivity index (χ2n) is 11.1. The summed E-state index contributed by atoms with van der Waals surface area (Å²) in [5.74, 6) is 0.0431. The van der Waals surface area contributed by atoms with Gasteiger partial charge in [0.15, 0.2) is 5.78 Å².